The number of aromatic nitrogens is 1. The standard InChI is InChI=1S/C22H26N4O2S/c27-20(23-12-7-15-25-13-4-1-5-14-25)16-26-18-9-2-3-10-19(18)29-21-17(22(26)28)8-6-11-24-21/h2-3,6,8-11H,1,4-5,7,12-16H2,(H,23,27). The summed E-state index contributed by atoms with van der Waals surface area (Å²) in [7, 11) is 0. The van der Waals surface area contributed by atoms with Gasteiger partial charge in [0.25, 0.3) is 5.91 Å². The molecule has 3 heterocycles. The van der Waals surface area contributed by atoms with E-state index in [1.165, 1.54) is 31.0 Å². The summed E-state index contributed by atoms with van der Waals surface area (Å²) in [5.74, 6) is -0.321. The van der Waals surface area contributed by atoms with Crippen LogP contribution in [0, 0.1) is 0 Å². The first-order valence-corrected chi connectivity index (χ1v) is 11.1. The second-order valence-electron chi connectivity index (χ2n) is 7.42. The number of hydrogen-bond donors (Lipinski definition) is 1. The molecular weight excluding hydrogens is 384 g/mol. The van der Waals surface area contributed by atoms with Crippen LogP contribution in [-0.2, 0) is 4.79 Å². The zero-order chi connectivity index (χ0) is 20.1. The molecule has 2 amide bonds. The Labute approximate surface area is 175 Å². The Hall–Kier alpha value is -2.38. The molecule has 2 aromatic rings. The monoisotopic (exact) mass is 410 g/mol. The van der Waals surface area contributed by atoms with E-state index >= 15 is 0 Å². The minimum atomic E-state index is -0.186. The Morgan fingerprint density at radius 1 is 1.10 bits per heavy atom. The normalized spacial score (nSPS) is 16.7. The smallest absolute Gasteiger partial charge is 0.261 e. The van der Waals surface area contributed by atoms with E-state index in [1.807, 2.05) is 24.3 Å². The van der Waals surface area contributed by atoms with Crippen molar-refractivity contribution >= 4 is 29.3 Å². The van der Waals surface area contributed by atoms with E-state index < -0.39 is 0 Å². The summed E-state index contributed by atoms with van der Waals surface area (Å²) in [6.45, 7) is 3.98. The number of carbonyl (C=O) groups excluding carboxylic acids is 2. The van der Waals surface area contributed by atoms with Crippen molar-refractivity contribution in [2.24, 2.45) is 0 Å². The Morgan fingerprint density at radius 2 is 1.93 bits per heavy atom. The largest absolute Gasteiger partial charge is 0.355 e. The molecule has 0 spiro atoms. The molecule has 0 unspecified atom stereocenters. The number of amides is 2. The van der Waals surface area contributed by atoms with E-state index in [9.17, 15) is 9.59 Å². The van der Waals surface area contributed by atoms with Crippen molar-refractivity contribution in [3.8, 4) is 0 Å². The number of benzene rings is 1. The number of likely N-dealkylation sites (tertiary alicyclic amines) is 1. The predicted molar refractivity (Wildman–Crippen MR) is 114 cm³/mol. The van der Waals surface area contributed by atoms with Gasteiger partial charge in [0.1, 0.15) is 11.6 Å². The van der Waals surface area contributed by atoms with Gasteiger partial charge in [0.2, 0.25) is 5.91 Å². The van der Waals surface area contributed by atoms with Gasteiger partial charge in [-0.05, 0) is 63.2 Å². The molecule has 0 atom stereocenters. The summed E-state index contributed by atoms with van der Waals surface area (Å²) >= 11 is 1.46. The maximum absolute atomic E-state index is 13.2. The number of fused-ring (bicyclic) bond motifs is 2. The maximum Gasteiger partial charge on any atom is 0.261 e. The highest BCUT2D eigenvalue weighted by atomic mass is 32.2. The molecule has 152 valence electrons. The van der Waals surface area contributed by atoms with Gasteiger partial charge in [-0.15, -0.1) is 0 Å². The van der Waals surface area contributed by atoms with Gasteiger partial charge in [0, 0.05) is 17.6 Å². The molecule has 1 saturated heterocycles. The number of para-hydroxylation sites is 1. The zero-order valence-corrected chi connectivity index (χ0v) is 17.3. The van der Waals surface area contributed by atoms with E-state index in [0.29, 0.717) is 17.1 Å². The van der Waals surface area contributed by atoms with Gasteiger partial charge in [-0.1, -0.05) is 30.3 Å². The number of nitrogens with one attached hydrogen (secondary N) is 1. The molecule has 6 nitrogen and oxygen atoms in total. The molecule has 0 saturated carbocycles. The number of nitrogens with zero attached hydrogens (tertiary/aromatic N) is 3. The number of anilines is 1. The van der Waals surface area contributed by atoms with Crippen molar-refractivity contribution < 1.29 is 9.59 Å². The van der Waals surface area contributed by atoms with Crippen LogP contribution >= 0.6 is 11.8 Å². The van der Waals surface area contributed by atoms with Gasteiger partial charge in [-0.3, -0.25) is 14.5 Å². The third-order valence-electron chi connectivity index (χ3n) is 5.33. The molecule has 0 aliphatic carbocycles. The fourth-order valence-electron chi connectivity index (χ4n) is 3.83. The fourth-order valence-corrected chi connectivity index (χ4v) is 4.85. The van der Waals surface area contributed by atoms with Crippen molar-refractivity contribution in [3.63, 3.8) is 0 Å². The lowest BCUT2D eigenvalue weighted by Crippen LogP contribution is -2.41. The molecule has 2 aliphatic heterocycles. The van der Waals surface area contributed by atoms with Crippen molar-refractivity contribution in [1.82, 2.24) is 15.2 Å². The van der Waals surface area contributed by atoms with Gasteiger partial charge < -0.3 is 10.2 Å². The van der Waals surface area contributed by atoms with Gasteiger partial charge in [0.15, 0.2) is 0 Å². The maximum atomic E-state index is 13.2. The summed E-state index contributed by atoms with van der Waals surface area (Å²) in [5.41, 5.74) is 1.29. The minimum Gasteiger partial charge on any atom is -0.355 e. The summed E-state index contributed by atoms with van der Waals surface area (Å²) in [5, 5.41) is 3.66. The van der Waals surface area contributed by atoms with E-state index in [0.717, 1.165) is 36.6 Å². The fraction of sp³-hybridized carbons (Fsp3) is 0.409. The van der Waals surface area contributed by atoms with E-state index in [1.54, 1.807) is 23.2 Å². The van der Waals surface area contributed by atoms with Gasteiger partial charge in [-0.25, -0.2) is 4.98 Å². The lowest BCUT2D eigenvalue weighted by molar-refractivity contribution is -0.119. The van der Waals surface area contributed by atoms with Crippen LogP contribution in [0.3, 0.4) is 0 Å². The molecular formula is C22H26N4O2S. The first kappa shape index (κ1) is 19.9. The summed E-state index contributed by atoms with van der Waals surface area (Å²) < 4.78 is 0. The topological polar surface area (TPSA) is 65.5 Å². The molecule has 1 aromatic heterocycles. The van der Waals surface area contributed by atoms with Crippen molar-refractivity contribution in [3.05, 3.63) is 48.2 Å². The highest BCUT2D eigenvalue weighted by molar-refractivity contribution is 7.99. The molecule has 1 N–H and O–H groups in total. The molecule has 29 heavy (non-hydrogen) atoms. The zero-order valence-electron chi connectivity index (χ0n) is 16.5. The number of rotatable bonds is 6. The molecule has 4 rings (SSSR count). The average molecular weight is 411 g/mol. The van der Waals surface area contributed by atoms with Crippen LogP contribution < -0.4 is 10.2 Å². The first-order valence-electron chi connectivity index (χ1n) is 10.3. The van der Waals surface area contributed by atoms with Crippen LogP contribution in [0.25, 0.3) is 0 Å². The lowest BCUT2D eigenvalue weighted by Gasteiger charge is -2.26. The van der Waals surface area contributed by atoms with E-state index in [4.69, 9.17) is 0 Å². The van der Waals surface area contributed by atoms with Crippen molar-refractivity contribution in [2.45, 2.75) is 35.6 Å². The first-order chi connectivity index (χ1) is 14.2. The van der Waals surface area contributed by atoms with Crippen LogP contribution in [0.4, 0.5) is 5.69 Å². The van der Waals surface area contributed by atoms with Crippen molar-refractivity contribution in [2.75, 3.05) is 37.6 Å². The van der Waals surface area contributed by atoms with Crippen LogP contribution in [0.1, 0.15) is 36.0 Å². The Balaban J connectivity index is 1.40. The summed E-state index contributed by atoms with van der Waals surface area (Å²) in [6.07, 6.45) is 6.50. The highest BCUT2D eigenvalue weighted by Crippen LogP contribution is 2.39. The Morgan fingerprint density at radius 3 is 2.79 bits per heavy atom. The number of hydrogen-bond acceptors (Lipinski definition) is 5. The molecule has 0 bridgehead atoms. The molecule has 2 aliphatic rings. The van der Waals surface area contributed by atoms with Gasteiger partial charge in [-0.2, -0.15) is 0 Å². The second-order valence-corrected chi connectivity index (χ2v) is 8.45. The predicted octanol–water partition coefficient (Wildman–Crippen LogP) is 3.19. The summed E-state index contributed by atoms with van der Waals surface area (Å²) in [4.78, 5) is 35.1. The van der Waals surface area contributed by atoms with Crippen LogP contribution in [-0.4, -0.2) is 54.4 Å². The van der Waals surface area contributed by atoms with Crippen LogP contribution in [0.5, 0.6) is 0 Å². The molecule has 0 radical (unpaired) electrons. The number of pyridine rings is 1. The molecule has 1 fully saturated rings. The van der Waals surface area contributed by atoms with E-state index in [2.05, 4.69) is 15.2 Å². The third kappa shape index (κ3) is 4.79. The average Bonchev–Trinajstić information content (AvgIpc) is 2.87. The summed E-state index contributed by atoms with van der Waals surface area (Å²) in [6, 6.07) is 11.2. The SMILES string of the molecule is O=C(CN1C(=O)c2cccnc2Sc2ccccc21)NCCCN1CCCCC1. The quantitative estimate of drug-likeness (QED) is 0.741. The minimum absolute atomic E-state index is 0.00839. The molecule has 7 heteroatoms. The Bertz CT molecular complexity index is 883. The number of carbonyl (C=O) groups is 2. The van der Waals surface area contributed by atoms with Gasteiger partial charge >= 0.3 is 0 Å². The highest BCUT2D eigenvalue weighted by Gasteiger charge is 2.29. The van der Waals surface area contributed by atoms with E-state index in [-0.39, 0.29) is 18.4 Å². The van der Waals surface area contributed by atoms with Crippen molar-refractivity contribution in [1.29, 1.82) is 0 Å². The van der Waals surface area contributed by atoms with Gasteiger partial charge in [0.05, 0.1) is 11.3 Å². The third-order valence-corrected chi connectivity index (χ3v) is 6.42. The Kier molecular flexibility index (Phi) is 6.46. The molecule has 1 aromatic carbocycles. The number of piperidine rings is 1. The van der Waals surface area contributed by atoms with Crippen LogP contribution in [0.2, 0.25) is 0 Å². The second kappa shape index (κ2) is 9.41. The van der Waals surface area contributed by atoms with Crippen LogP contribution in [0.15, 0.2) is 52.5 Å². The lowest BCUT2D eigenvalue weighted by atomic mass is 10.1.